The van der Waals surface area contributed by atoms with Gasteiger partial charge < -0.3 is 19.9 Å². The van der Waals surface area contributed by atoms with E-state index in [1.54, 1.807) is 0 Å². The number of aromatic nitrogens is 3. The van der Waals surface area contributed by atoms with Crippen LogP contribution in [0.2, 0.25) is 0 Å². The van der Waals surface area contributed by atoms with Gasteiger partial charge in [-0.3, -0.25) is 4.79 Å². The topological polar surface area (TPSA) is 130 Å². The van der Waals surface area contributed by atoms with E-state index in [9.17, 15) is 13.8 Å². The first-order chi connectivity index (χ1) is 9.41. The Hall–Kier alpha value is -1.93. The molecule has 1 saturated heterocycles. The van der Waals surface area contributed by atoms with Gasteiger partial charge in [0.15, 0.2) is 6.23 Å². The molecular formula is C9H12FN4O5P. The highest BCUT2D eigenvalue weighted by molar-refractivity contribution is 7.52. The molecular weight excluding hydrogens is 294 g/mol. The smallest absolute Gasteiger partial charge is 0.407 e. The molecule has 1 amide bonds. The number of halogens is 1. The average Bonchev–Trinajstić information content (AvgIpc) is 3.05. The Morgan fingerprint density at radius 1 is 1.80 bits per heavy atom. The van der Waals surface area contributed by atoms with E-state index in [1.807, 2.05) is 0 Å². The molecule has 0 aromatic carbocycles. The minimum Gasteiger partial charge on any atom is -0.470 e. The van der Waals surface area contributed by atoms with Gasteiger partial charge in [0.2, 0.25) is 12.2 Å². The van der Waals surface area contributed by atoms with Crippen molar-refractivity contribution in [2.24, 2.45) is 5.73 Å². The predicted molar refractivity (Wildman–Crippen MR) is 62.9 cm³/mol. The number of rotatable bonds is 5. The zero-order valence-electron chi connectivity index (χ0n) is 10.2. The lowest BCUT2D eigenvalue weighted by Gasteiger charge is -2.10. The summed E-state index contributed by atoms with van der Waals surface area (Å²) in [5.74, 6) is -0.626. The molecule has 1 aliphatic heterocycles. The molecule has 1 aromatic rings. The van der Waals surface area contributed by atoms with Gasteiger partial charge in [0.05, 0.1) is 0 Å². The summed E-state index contributed by atoms with van der Waals surface area (Å²) in [6, 6.07) is 0. The van der Waals surface area contributed by atoms with Crippen LogP contribution in [0.15, 0.2) is 18.3 Å². The maximum absolute atomic E-state index is 12.1. The Morgan fingerprint density at radius 2 is 2.55 bits per heavy atom. The number of carbonyl (C=O) groups excluding carboxylic acids is 1. The fourth-order valence-electron chi connectivity index (χ4n) is 1.53. The third kappa shape index (κ3) is 3.34. The van der Waals surface area contributed by atoms with Crippen molar-refractivity contribution in [1.29, 1.82) is 0 Å². The summed E-state index contributed by atoms with van der Waals surface area (Å²) in [6.07, 6.45) is 1.07. The van der Waals surface area contributed by atoms with Crippen molar-refractivity contribution in [2.45, 2.75) is 19.1 Å². The Balaban J connectivity index is 1.99. The second kappa shape index (κ2) is 5.59. The summed E-state index contributed by atoms with van der Waals surface area (Å²) in [6.45, 7) is 0. The highest BCUT2D eigenvalue weighted by Crippen LogP contribution is 2.43. The molecule has 0 radical (unpaired) electrons. The molecule has 0 spiro atoms. The van der Waals surface area contributed by atoms with Gasteiger partial charge in [-0.05, 0) is 0 Å². The molecule has 0 bridgehead atoms. The number of amides is 1. The van der Waals surface area contributed by atoms with E-state index in [0.717, 1.165) is 6.26 Å². The van der Waals surface area contributed by atoms with Crippen molar-refractivity contribution in [2.75, 3.05) is 6.42 Å². The van der Waals surface area contributed by atoms with Crippen LogP contribution in [-0.4, -0.2) is 32.0 Å². The molecule has 20 heavy (non-hydrogen) atoms. The monoisotopic (exact) mass is 306 g/mol. The van der Waals surface area contributed by atoms with E-state index in [4.69, 9.17) is 15.4 Å². The standard InChI is InChI=1S/C9H12FN4O5P/c10-4-20(16,17)18-3-6-1-2-7(19-6)14-5-12-9(13-14)8(11)15/h3,5,7H,1-2,4H2,(H2,11,15)(H,16,17)/b6-3+/t7-/m1/s1. The lowest BCUT2D eigenvalue weighted by molar-refractivity contribution is 0.0808. The fourth-order valence-corrected chi connectivity index (χ4v) is 1.87. The van der Waals surface area contributed by atoms with Gasteiger partial charge >= 0.3 is 7.60 Å². The molecule has 9 nitrogen and oxygen atoms in total. The number of nitrogens with zero attached hydrogens (tertiary/aromatic N) is 3. The van der Waals surface area contributed by atoms with Crippen LogP contribution in [0.25, 0.3) is 0 Å². The maximum atomic E-state index is 12.1. The largest absolute Gasteiger partial charge is 0.470 e. The Bertz CT molecular complexity index is 589. The molecule has 11 heteroatoms. The van der Waals surface area contributed by atoms with Gasteiger partial charge in [0.25, 0.3) is 5.91 Å². The highest BCUT2D eigenvalue weighted by atomic mass is 31.2. The second-order valence-corrected chi connectivity index (χ2v) is 5.69. The van der Waals surface area contributed by atoms with Gasteiger partial charge in [-0.1, -0.05) is 0 Å². The third-order valence-electron chi connectivity index (χ3n) is 2.45. The van der Waals surface area contributed by atoms with Crippen LogP contribution in [0.1, 0.15) is 29.7 Å². The van der Waals surface area contributed by atoms with Gasteiger partial charge in [-0.25, -0.2) is 18.6 Å². The first-order valence-electron chi connectivity index (χ1n) is 5.54. The number of nitrogens with two attached hydrogens (primary N) is 1. The molecule has 1 fully saturated rings. The van der Waals surface area contributed by atoms with Gasteiger partial charge in [-0.15, -0.1) is 5.10 Å². The molecule has 0 aliphatic carbocycles. The minimum absolute atomic E-state index is 0.139. The van der Waals surface area contributed by atoms with Crippen LogP contribution in [0.5, 0.6) is 0 Å². The predicted octanol–water partition coefficient (Wildman–Crippen LogP) is 0.656. The molecule has 0 saturated carbocycles. The SMILES string of the molecule is NC(=O)c1ncn([C@H]2CC/C(=C\OP(=O)(O)CF)O2)n1. The van der Waals surface area contributed by atoms with Crippen molar-refractivity contribution in [3.63, 3.8) is 0 Å². The summed E-state index contributed by atoms with van der Waals surface area (Å²) in [5, 5.41) is 3.83. The number of alkyl halides is 1. The molecule has 2 rings (SSSR count). The summed E-state index contributed by atoms with van der Waals surface area (Å²) in [4.78, 5) is 23.5. The summed E-state index contributed by atoms with van der Waals surface area (Å²) in [7, 11) is -4.25. The lowest BCUT2D eigenvalue weighted by Crippen LogP contribution is -2.15. The minimum atomic E-state index is -4.25. The summed E-state index contributed by atoms with van der Waals surface area (Å²) in [5.41, 5.74) is 5.02. The van der Waals surface area contributed by atoms with E-state index in [-0.39, 0.29) is 11.6 Å². The average molecular weight is 306 g/mol. The zero-order valence-corrected chi connectivity index (χ0v) is 11.1. The number of ether oxygens (including phenoxy) is 1. The fraction of sp³-hybridized carbons (Fsp3) is 0.444. The molecule has 1 aromatic heterocycles. The first kappa shape index (κ1) is 14.5. The Labute approximate surface area is 112 Å². The molecule has 110 valence electrons. The van der Waals surface area contributed by atoms with Crippen LogP contribution in [0.3, 0.4) is 0 Å². The van der Waals surface area contributed by atoms with Gasteiger partial charge in [-0.2, -0.15) is 0 Å². The molecule has 3 N–H and O–H groups in total. The molecule has 2 atom stereocenters. The zero-order chi connectivity index (χ0) is 14.8. The van der Waals surface area contributed by atoms with E-state index in [2.05, 4.69) is 14.6 Å². The van der Waals surface area contributed by atoms with E-state index >= 15 is 0 Å². The maximum Gasteiger partial charge on any atom is 0.407 e. The van der Waals surface area contributed by atoms with Crippen LogP contribution in [0.4, 0.5) is 4.39 Å². The van der Waals surface area contributed by atoms with E-state index < -0.39 is 26.1 Å². The summed E-state index contributed by atoms with van der Waals surface area (Å²) < 4.78 is 34.1. The van der Waals surface area contributed by atoms with Crippen molar-refractivity contribution in [3.8, 4) is 0 Å². The van der Waals surface area contributed by atoms with E-state index in [1.165, 1.54) is 11.0 Å². The molecule has 2 heterocycles. The second-order valence-electron chi connectivity index (χ2n) is 3.97. The Morgan fingerprint density at radius 3 is 3.15 bits per heavy atom. The van der Waals surface area contributed by atoms with Gasteiger partial charge in [0, 0.05) is 12.8 Å². The van der Waals surface area contributed by atoms with Crippen LogP contribution in [-0.2, 0) is 13.8 Å². The van der Waals surface area contributed by atoms with Crippen molar-refractivity contribution >= 4 is 13.5 Å². The quantitative estimate of drug-likeness (QED) is 0.603. The van der Waals surface area contributed by atoms with Crippen LogP contribution >= 0.6 is 7.60 Å². The molecule has 1 aliphatic rings. The van der Waals surface area contributed by atoms with Crippen LogP contribution in [0, 0.1) is 0 Å². The summed E-state index contributed by atoms with van der Waals surface area (Å²) >= 11 is 0. The Kier molecular flexibility index (Phi) is 4.05. The van der Waals surface area contributed by atoms with Gasteiger partial charge in [0.1, 0.15) is 18.3 Å². The number of hydrogen-bond donors (Lipinski definition) is 2. The number of carbonyl (C=O) groups is 1. The lowest BCUT2D eigenvalue weighted by atomic mass is 10.3. The van der Waals surface area contributed by atoms with Crippen molar-refractivity contribution in [3.05, 3.63) is 24.2 Å². The van der Waals surface area contributed by atoms with Crippen molar-refractivity contribution < 1.29 is 27.9 Å². The first-order valence-corrected chi connectivity index (χ1v) is 7.30. The van der Waals surface area contributed by atoms with Crippen LogP contribution < -0.4 is 5.73 Å². The van der Waals surface area contributed by atoms with E-state index in [0.29, 0.717) is 12.8 Å². The number of primary amides is 1. The number of hydrogen-bond acceptors (Lipinski definition) is 6. The third-order valence-corrected chi connectivity index (χ3v) is 3.19. The number of allylic oxidation sites excluding steroid dienone is 1. The van der Waals surface area contributed by atoms with Crippen molar-refractivity contribution in [1.82, 2.24) is 14.8 Å². The normalized spacial score (nSPS) is 23.3. The highest BCUT2D eigenvalue weighted by Gasteiger charge is 2.26. The molecule has 1 unspecified atom stereocenters.